The summed E-state index contributed by atoms with van der Waals surface area (Å²) in [5, 5.41) is 13.0. The smallest absolute Gasteiger partial charge is 0.0994 e. The van der Waals surface area contributed by atoms with Gasteiger partial charge in [0.25, 0.3) is 0 Å². The van der Waals surface area contributed by atoms with Crippen LogP contribution in [0.25, 0.3) is 0 Å². The summed E-state index contributed by atoms with van der Waals surface area (Å²) < 4.78 is 0. The first kappa shape index (κ1) is 12.5. The lowest BCUT2D eigenvalue weighted by atomic mass is 10.1. The van der Waals surface area contributed by atoms with Crippen molar-refractivity contribution in [2.45, 2.75) is 6.42 Å². The van der Waals surface area contributed by atoms with E-state index in [1.54, 1.807) is 0 Å². The highest BCUT2D eigenvalue weighted by atomic mass is 35.5. The maximum absolute atomic E-state index is 8.98. The summed E-state index contributed by atoms with van der Waals surface area (Å²) in [6, 6.07) is 17.5. The molecule has 0 radical (unpaired) electrons. The molecule has 0 unspecified atom stereocenters. The van der Waals surface area contributed by atoms with Crippen LogP contribution in [0.2, 0.25) is 5.02 Å². The average Bonchev–Trinajstić information content (AvgIpc) is 2.41. The van der Waals surface area contributed by atoms with Gasteiger partial charge in [0.05, 0.1) is 11.6 Å². The first-order chi connectivity index (χ1) is 8.79. The summed E-state index contributed by atoms with van der Waals surface area (Å²) >= 11 is 5.82. The highest BCUT2D eigenvalue weighted by molar-refractivity contribution is 6.30. The van der Waals surface area contributed by atoms with Gasteiger partial charge in [-0.05, 0) is 42.3 Å². The van der Waals surface area contributed by atoms with Crippen molar-refractivity contribution < 1.29 is 0 Å². The summed E-state index contributed by atoms with van der Waals surface area (Å²) in [6.45, 7) is 0.792. The fourth-order valence-corrected chi connectivity index (χ4v) is 1.88. The zero-order chi connectivity index (χ0) is 12.8. The molecule has 1 N–H and O–H groups in total. The monoisotopic (exact) mass is 256 g/mol. The normalized spacial score (nSPS) is 9.78. The van der Waals surface area contributed by atoms with Gasteiger partial charge >= 0.3 is 0 Å². The van der Waals surface area contributed by atoms with Gasteiger partial charge in [-0.3, -0.25) is 0 Å². The van der Waals surface area contributed by atoms with E-state index < -0.39 is 0 Å². The van der Waals surface area contributed by atoms with Gasteiger partial charge in [-0.2, -0.15) is 5.26 Å². The van der Waals surface area contributed by atoms with Crippen molar-refractivity contribution in [1.82, 2.24) is 0 Å². The van der Waals surface area contributed by atoms with E-state index in [-0.39, 0.29) is 0 Å². The van der Waals surface area contributed by atoms with Crippen molar-refractivity contribution in [3.63, 3.8) is 0 Å². The van der Waals surface area contributed by atoms with Gasteiger partial charge in [0, 0.05) is 17.3 Å². The highest BCUT2D eigenvalue weighted by Crippen LogP contribution is 2.14. The Bertz CT molecular complexity index is 555. The Labute approximate surface area is 112 Å². The molecule has 0 aliphatic heterocycles. The number of nitrogens with zero attached hydrogens (tertiary/aromatic N) is 1. The Morgan fingerprint density at radius 1 is 1.06 bits per heavy atom. The predicted molar refractivity (Wildman–Crippen MR) is 74.8 cm³/mol. The summed E-state index contributed by atoms with van der Waals surface area (Å²) in [5.74, 6) is 0. The molecule has 90 valence electrons. The SMILES string of the molecule is N#Cc1ccccc1CCNc1ccc(Cl)cc1. The average molecular weight is 257 g/mol. The van der Waals surface area contributed by atoms with Crippen LogP contribution in [0.4, 0.5) is 5.69 Å². The molecule has 0 fully saturated rings. The van der Waals surface area contributed by atoms with Crippen LogP contribution >= 0.6 is 11.6 Å². The van der Waals surface area contributed by atoms with Crippen molar-refractivity contribution in [2.75, 3.05) is 11.9 Å². The lowest BCUT2D eigenvalue weighted by Crippen LogP contribution is -2.05. The number of hydrogen-bond acceptors (Lipinski definition) is 2. The Balaban J connectivity index is 1.93. The van der Waals surface area contributed by atoms with Gasteiger partial charge in [0.2, 0.25) is 0 Å². The quantitative estimate of drug-likeness (QED) is 0.902. The lowest BCUT2D eigenvalue weighted by Gasteiger charge is -2.07. The molecule has 0 bridgehead atoms. The Hall–Kier alpha value is -1.98. The number of benzene rings is 2. The minimum atomic E-state index is 0.732. The third-order valence-corrected chi connectivity index (χ3v) is 2.96. The van der Waals surface area contributed by atoms with Gasteiger partial charge in [-0.25, -0.2) is 0 Å². The molecule has 0 aromatic heterocycles. The largest absolute Gasteiger partial charge is 0.385 e. The zero-order valence-corrected chi connectivity index (χ0v) is 10.6. The first-order valence-electron chi connectivity index (χ1n) is 5.77. The Morgan fingerprint density at radius 3 is 2.50 bits per heavy atom. The van der Waals surface area contributed by atoms with Crippen LogP contribution in [0.1, 0.15) is 11.1 Å². The van der Waals surface area contributed by atoms with Gasteiger partial charge < -0.3 is 5.32 Å². The van der Waals surface area contributed by atoms with Gasteiger partial charge in [-0.15, -0.1) is 0 Å². The van der Waals surface area contributed by atoms with E-state index in [2.05, 4.69) is 11.4 Å². The lowest BCUT2D eigenvalue weighted by molar-refractivity contribution is 1.01. The van der Waals surface area contributed by atoms with Crippen molar-refractivity contribution in [1.29, 1.82) is 5.26 Å². The molecule has 0 saturated heterocycles. The topological polar surface area (TPSA) is 35.8 Å². The van der Waals surface area contributed by atoms with Crippen LogP contribution in [0.3, 0.4) is 0 Å². The molecule has 18 heavy (non-hydrogen) atoms. The predicted octanol–water partition coefficient (Wildman–Crippen LogP) is 3.87. The van der Waals surface area contributed by atoms with Gasteiger partial charge in [0.1, 0.15) is 0 Å². The van der Waals surface area contributed by atoms with E-state index in [1.807, 2.05) is 48.5 Å². The van der Waals surface area contributed by atoms with Crippen LogP contribution in [-0.2, 0) is 6.42 Å². The summed E-state index contributed by atoms with van der Waals surface area (Å²) in [5.41, 5.74) is 2.85. The maximum atomic E-state index is 8.98. The minimum Gasteiger partial charge on any atom is -0.385 e. The fourth-order valence-electron chi connectivity index (χ4n) is 1.76. The second kappa shape index (κ2) is 6.09. The Kier molecular flexibility index (Phi) is 4.22. The fraction of sp³-hybridized carbons (Fsp3) is 0.133. The molecular formula is C15H13ClN2. The van der Waals surface area contributed by atoms with E-state index in [0.717, 1.165) is 34.8 Å². The van der Waals surface area contributed by atoms with E-state index in [1.165, 1.54) is 0 Å². The molecule has 0 aliphatic rings. The van der Waals surface area contributed by atoms with Gasteiger partial charge in [0.15, 0.2) is 0 Å². The minimum absolute atomic E-state index is 0.732. The molecule has 2 nitrogen and oxygen atoms in total. The first-order valence-corrected chi connectivity index (χ1v) is 6.15. The molecule has 2 aromatic rings. The second-order valence-electron chi connectivity index (χ2n) is 3.95. The number of nitriles is 1. The van der Waals surface area contributed by atoms with Crippen molar-refractivity contribution >= 4 is 17.3 Å². The van der Waals surface area contributed by atoms with E-state index in [9.17, 15) is 0 Å². The van der Waals surface area contributed by atoms with Crippen LogP contribution in [-0.4, -0.2) is 6.54 Å². The molecule has 0 saturated carbocycles. The molecule has 0 amide bonds. The molecule has 0 atom stereocenters. The standard InChI is InChI=1S/C15H13ClN2/c16-14-5-7-15(8-6-14)18-10-9-12-3-1-2-4-13(12)11-17/h1-8,18H,9-10H2. The molecule has 0 aliphatic carbocycles. The van der Waals surface area contributed by atoms with Crippen molar-refractivity contribution in [3.05, 3.63) is 64.7 Å². The molecular weight excluding hydrogens is 244 g/mol. The van der Waals surface area contributed by atoms with Crippen LogP contribution in [0, 0.1) is 11.3 Å². The van der Waals surface area contributed by atoms with E-state index >= 15 is 0 Å². The van der Waals surface area contributed by atoms with E-state index in [0.29, 0.717) is 0 Å². The number of halogens is 1. The molecule has 3 heteroatoms. The number of nitrogens with one attached hydrogen (secondary N) is 1. The van der Waals surface area contributed by atoms with Crippen LogP contribution in [0.5, 0.6) is 0 Å². The number of hydrogen-bond donors (Lipinski definition) is 1. The summed E-state index contributed by atoms with van der Waals surface area (Å²) in [4.78, 5) is 0. The third-order valence-electron chi connectivity index (χ3n) is 2.71. The van der Waals surface area contributed by atoms with Crippen molar-refractivity contribution in [2.24, 2.45) is 0 Å². The Morgan fingerprint density at radius 2 is 1.78 bits per heavy atom. The zero-order valence-electron chi connectivity index (χ0n) is 9.86. The van der Waals surface area contributed by atoms with Crippen LogP contribution < -0.4 is 5.32 Å². The maximum Gasteiger partial charge on any atom is 0.0994 e. The van der Waals surface area contributed by atoms with Crippen LogP contribution in [0.15, 0.2) is 48.5 Å². The number of rotatable bonds is 4. The second-order valence-corrected chi connectivity index (χ2v) is 4.39. The highest BCUT2D eigenvalue weighted by Gasteiger charge is 2.00. The van der Waals surface area contributed by atoms with Crippen molar-refractivity contribution in [3.8, 4) is 6.07 Å². The third kappa shape index (κ3) is 3.26. The summed E-state index contributed by atoms with van der Waals surface area (Å²) in [7, 11) is 0. The molecule has 2 aromatic carbocycles. The molecule has 2 rings (SSSR count). The molecule has 0 heterocycles. The van der Waals surface area contributed by atoms with Gasteiger partial charge in [-0.1, -0.05) is 29.8 Å². The number of anilines is 1. The van der Waals surface area contributed by atoms with E-state index in [4.69, 9.17) is 16.9 Å². The summed E-state index contributed by atoms with van der Waals surface area (Å²) in [6.07, 6.45) is 0.826. The molecule has 0 spiro atoms.